The average molecular weight is 304 g/mol. The lowest BCUT2D eigenvalue weighted by Crippen LogP contribution is -2.16. The van der Waals surface area contributed by atoms with E-state index in [1.807, 2.05) is 0 Å². The zero-order chi connectivity index (χ0) is 12.5. The van der Waals surface area contributed by atoms with Gasteiger partial charge in [-0.05, 0) is 53.0 Å². The van der Waals surface area contributed by atoms with E-state index < -0.39 is 0 Å². The van der Waals surface area contributed by atoms with Gasteiger partial charge in [-0.3, -0.25) is 0 Å². The van der Waals surface area contributed by atoms with Gasteiger partial charge in [0.15, 0.2) is 0 Å². The first-order valence-electron chi connectivity index (χ1n) is 5.96. The van der Waals surface area contributed by atoms with Gasteiger partial charge in [0.05, 0.1) is 4.47 Å². The summed E-state index contributed by atoms with van der Waals surface area (Å²) in [5.41, 5.74) is 1.08. The number of hydrogen-bond donors (Lipinski definition) is 1. The van der Waals surface area contributed by atoms with Gasteiger partial charge in [0.25, 0.3) is 0 Å². The van der Waals surface area contributed by atoms with Crippen LogP contribution in [-0.2, 0) is 11.3 Å². The molecule has 0 atom stereocenters. The molecule has 0 radical (unpaired) electrons. The van der Waals surface area contributed by atoms with Gasteiger partial charge < -0.3 is 10.1 Å². The van der Waals surface area contributed by atoms with E-state index in [-0.39, 0.29) is 5.82 Å². The van der Waals surface area contributed by atoms with Crippen molar-refractivity contribution in [1.82, 2.24) is 5.32 Å². The predicted molar refractivity (Wildman–Crippen MR) is 71.5 cm³/mol. The predicted octanol–water partition coefficient (Wildman–Crippen LogP) is 3.49. The first kappa shape index (κ1) is 14.6. The van der Waals surface area contributed by atoms with Crippen LogP contribution in [0.5, 0.6) is 0 Å². The highest BCUT2D eigenvalue weighted by Crippen LogP contribution is 2.16. The van der Waals surface area contributed by atoms with E-state index in [4.69, 9.17) is 4.74 Å². The Labute approximate surface area is 111 Å². The molecular formula is C13H19BrFNO. The van der Waals surface area contributed by atoms with Crippen LogP contribution in [0.4, 0.5) is 4.39 Å². The Balaban J connectivity index is 2.11. The Morgan fingerprint density at radius 2 is 2.18 bits per heavy atom. The fourth-order valence-corrected chi connectivity index (χ4v) is 1.85. The number of hydrogen-bond acceptors (Lipinski definition) is 2. The van der Waals surface area contributed by atoms with Gasteiger partial charge in [0, 0.05) is 19.8 Å². The minimum atomic E-state index is -0.221. The summed E-state index contributed by atoms with van der Waals surface area (Å²) in [5.74, 6) is -0.221. The fraction of sp³-hybridized carbons (Fsp3) is 0.538. The molecule has 2 nitrogen and oxygen atoms in total. The normalized spacial score (nSPS) is 10.8. The van der Waals surface area contributed by atoms with Crippen LogP contribution in [0.3, 0.4) is 0 Å². The van der Waals surface area contributed by atoms with Gasteiger partial charge in [-0.2, -0.15) is 0 Å². The van der Waals surface area contributed by atoms with Gasteiger partial charge in [-0.15, -0.1) is 0 Å². The summed E-state index contributed by atoms with van der Waals surface area (Å²) in [6.07, 6.45) is 2.07. The number of benzene rings is 1. The van der Waals surface area contributed by atoms with Crippen LogP contribution in [-0.4, -0.2) is 19.8 Å². The lowest BCUT2D eigenvalue weighted by atomic mass is 10.2. The summed E-state index contributed by atoms with van der Waals surface area (Å²) in [7, 11) is 0. The van der Waals surface area contributed by atoms with Crippen LogP contribution in [0.15, 0.2) is 22.7 Å². The Morgan fingerprint density at radius 3 is 2.88 bits per heavy atom. The number of ether oxygens (including phenoxy) is 1. The van der Waals surface area contributed by atoms with E-state index in [0.717, 1.165) is 44.7 Å². The standard InChI is InChI=1S/C13H19BrFNO/c1-2-7-17-8-3-6-16-10-11-4-5-13(15)12(14)9-11/h4-5,9,16H,2-3,6-8,10H2,1H3. The van der Waals surface area contributed by atoms with E-state index in [1.54, 1.807) is 12.1 Å². The van der Waals surface area contributed by atoms with Crippen LogP contribution in [0.2, 0.25) is 0 Å². The Hall–Kier alpha value is -0.450. The number of rotatable bonds is 8. The number of halogens is 2. The molecule has 1 aromatic rings. The van der Waals surface area contributed by atoms with Crippen molar-refractivity contribution >= 4 is 15.9 Å². The molecule has 1 aromatic carbocycles. The molecule has 0 spiro atoms. The van der Waals surface area contributed by atoms with Crippen molar-refractivity contribution in [1.29, 1.82) is 0 Å². The topological polar surface area (TPSA) is 21.3 Å². The molecule has 0 aliphatic carbocycles. The average Bonchev–Trinajstić information content (AvgIpc) is 2.32. The molecule has 0 saturated heterocycles. The van der Waals surface area contributed by atoms with E-state index in [9.17, 15) is 4.39 Å². The van der Waals surface area contributed by atoms with Gasteiger partial charge in [-0.1, -0.05) is 13.0 Å². The number of nitrogens with one attached hydrogen (secondary N) is 1. The molecule has 1 N–H and O–H groups in total. The van der Waals surface area contributed by atoms with E-state index >= 15 is 0 Å². The second-order valence-corrected chi connectivity index (χ2v) is 4.75. The van der Waals surface area contributed by atoms with Crippen molar-refractivity contribution in [3.63, 3.8) is 0 Å². The highest BCUT2D eigenvalue weighted by Gasteiger charge is 1.99. The maximum absolute atomic E-state index is 13.0. The highest BCUT2D eigenvalue weighted by molar-refractivity contribution is 9.10. The molecule has 17 heavy (non-hydrogen) atoms. The zero-order valence-corrected chi connectivity index (χ0v) is 11.7. The van der Waals surface area contributed by atoms with Crippen molar-refractivity contribution in [2.75, 3.05) is 19.8 Å². The molecule has 0 aliphatic rings. The third-order valence-electron chi connectivity index (χ3n) is 2.30. The zero-order valence-electron chi connectivity index (χ0n) is 10.1. The molecule has 0 heterocycles. The van der Waals surface area contributed by atoms with Crippen LogP contribution in [0.1, 0.15) is 25.3 Å². The van der Waals surface area contributed by atoms with Crippen LogP contribution >= 0.6 is 15.9 Å². The van der Waals surface area contributed by atoms with Crippen molar-refractivity contribution in [2.24, 2.45) is 0 Å². The highest BCUT2D eigenvalue weighted by atomic mass is 79.9. The summed E-state index contributed by atoms with van der Waals surface area (Å²) in [5, 5.41) is 3.30. The van der Waals surface area contributed by atoms with Gasteiger partial charge >= 0.3 is 0 Å². The fourth-order valence-electron chi connectivity index (χ4n) is 1.43. The summed E-state index contributed by atoms with van der Waals surface area (Å²) >= 11 is 3.17. The molecule has 1 rings (SSSR count). The van der Waals surface area contributed by atoms with Crippen LogP contribution in [0, 0.1) is 5.82 Å². The van der Waals surface area contributed by atoms with Gasteiger partial charge in [-0.25, -0.2) is 4.39 Å². The molecule has 4 heteroatoms. The maximum atomic E-state index is 13.0. The minimum absolute atomic E-state index is 0.221. The smallest absolute Gasteiger partial charge is 0.137 e. The van der Waals surface area contributed by atoms with Crippen molar-refractivity contribution in [3.8, 4) is 0 Å². The van der Waals surface area contributed by atoms with E-state index in [2.05, 4.69) is 28.2 Å². The molecule has 0 bridgehead atoms. The van der Waals surface area contributed by atoms with Crippen molar-refractivity contribution in [3.05, 3.63) is 34.1 Å². The summed E-state index contributed by atoms with van der Waals surface area (Å²) in [6, 6.07) is 5.07. The molecular weight excluding hydrogens is 285 g/mol. The lowest BCUT2D eigenvalue weighted by molar-refractivity contribution is 0.132. The Kier molecular flexibility index (Phi) is 7.40. The second kappa shape index (κ2) is 8.61. The largest absolute Gasteiger partial charge is 0.381 e. The first-order chi connectivity index (χ1) is 8.24. The van der Waals surface area contributed by atoms with Gasteiger partial charge in [0.1, 0.15) is 5.82 Å². The molecule has 0 amide bonds. The quantitative estimate of drug-likeness (QED) is 0.742. The third kappa shape index (κ3) is 6.15. The molecule has 0 aliphatic heterocycles. The van der Waals surface area contributed by atoms with Crippen molar-refractivity contribution < 1.29 is 9.13 Å². The Bertz CT molecular complexity index is 333. The maximum Gasteiger partial charge on any atom is 0.137 e. The monoisotopic (exact) mass is 303 g/mol. The Morgan fingerprint density at radius 1 is 1.35 bits per heavy atom. The summed E-state index contributed by atoms with van der Waals surface area (Å²) < 4.78 is 18.9. The van der Waals surface area contributed by atoms with Crippen LogP contribution in [0.25, 0.3) is 0 Å². The van der Waals surface area contributed by atoms with Crippen LogP contribution < -0.4 is 5.32 Å². The third-order valence-corrected chi connectivity index (χ3v) is 2.91. The van der Waals surface area contributed by atoms with E-state index in [0.29, 0.717) is 4.47 Å². The summed E-state index contributed by atoms with van der Waals surface area (Å²) in [4.78, 5) is 0. The SMILES string of the molecule is CCCOCCCNCc1ccc(F)c(Br)c1. The van der Waals surface area contributed by atoms with E-state index in [1.165, 1.54) is 6.07 Å². The minimum Gasteiger partial charge on any atom is -0.381 e. The first-order valence-corrected chi connectivity index (χ1v) is 6.75. The molecule has 0 fully saturated rings. The lowest BCUT2D eigenvalue weighted by Gasteiger charge is -2.06. The second-order valence-electron chi connectivity index (χ2n) is 3.89. The molecule has 0 unspecified atom stereocenters. The van der Waals surface area contributed by atoms with Crippen molar-refractivity contribution in [2.45, 2.75) is 26.3 Å². The summed E-state index contributed by atoms with van der Waals surface area (Å²) in [6.45, 7) is 5.41. The molecule has 0 aromatic heterocycles. The molecule has 96 valence electrons. The molecule has 0 saturated carbocycles. The van der Waals surface area contributed by atoms with Gasteiger partial charge in [0.2, 0.25) is 0 Å².